The second-order valence-electron chi connectivity index (χ2n) is 4.33. The van der Waals surface area contributed by atoms with Crippen molar-refractivity contribution in [1.82, 2.24) is 0 Å². The zero-order chi connectivity index (χ0) is 12.3. The van der Waals surface area contributed by atoms with E-state index in [2.05, 4.69) is 15.9 Å². The van der Waals surface area contributed by atoms with E-state index in [1.165, 1.54) is 0 Å². The molecular formula is C12H15BrO2S. The van der Waals surface area contributed by atoms with Crippen LogP contribution in [-0.2, 0) is 11.2 Å². The first-order valence-electron chi connectivity index (χ1n) is 4.92. The molecule has 1 rings (SSSR count). The van der Waals surface area contributed by atoms with Gasteiger partial charge in [0.2, 0.25) is 0 Å². The van der Waals surface area contributed by atoms with Gasteiger partial charge in [0.15, 0.2) is 0 Å². The van der Waals surface area contributed by atoms with Crippen LogP contribution in [-0.4, -0.2) is 17.3 Å². The quantitative estimate of drug-likeness (QED) is 0.859. The van der Waals surface area contributed by atoms with Crippen molar-refractivity contribution >= 4 is 33.7 Å². The lowest BCUT2D eigenvalue weighted by Gasteiger charge is -2.19. The Bertz CT molecular complexity index is 402. The van der Waals surface area contributed by atoms with E-state index < -0.39 is 11.4 Å². The third-order valence-electron chi connectivity index (χ3n) is 2.44. The minimum Gasteiger partial charge on any atom is -0.481 e. The molecule has 2 nitrogen and oxygen atoms in total. The topological polar surface area (TPSA) is 37.3 Å². The third kappa shape index (κ3) is 3.25. The fourth-order valence-electron chi connectivity index (χ4n) is 1.41. The molecule has 4 heteroatoms. The number of hydrogen-bond donors (Lipinski definition) is 1. The normalized spacial score (nSPS) is 11.5. The maximum absolute atomic E-state index is 11.0. The Morgan fingerprint density at radius 1 is 1.50 bits per heavy atom. The Kier molecular flexibility index (Phi) is 4.44. The minimum atomic E-state index is -0.766. The number of hydrogen-bond acceptors (Lipinski definition) is 2. The van der Waals surface area contributed by atoms with Crippen molar-refractivity contribution in [3.63, 3.8) is 0 Å². The summed E-state index contributed by atoms with van der Waals surface area (Å²) in [6.45, 7) is 3.48. The molecule has 0 aliphatic rings. The van der Waals surface area contributed by atoms with Gasteiger partial charge in [-0.15, -0.1) is 11.8 Å². The number of benzene rings is 1. The van der Waals surface area contributed by atoms with Crippen molar-refractivity contribution in [1.29, 1.82) is 0 Å². The largest absolute Gasteiger partial charge is 0.481 e. The molecule has 16 heavy (non-hydrogen) atoms. The standard InChI is InChI=1S/C12H15BrO2S/c1-12(2,11(14)15)7-8-4-5-10(16-3)9(13)6-8/h4-6H,7H2,1-3H3,(H,14,15). The molecule has 0 fully saturated rings. The molecular weight excluding hydrogens is 288 g/mol. The van der Waals surface area contributed by atoms with Gasteiger partial charge in [0, 0.05) is 9.37 Å². The number of halogens is 1. The van der Waals surface area contributed by atoms with Crippen LogP contribution in [0, 0.1) is 5.41 Å². The third-order valence-corrected chi connectivity index (χ3v) is 4.16. The van der Waals surface area contributed by atoms with E-state index in [0.29, 0.717) is 6.42 Å². The summed E-state index contributed by atoms with van der Waals surface area (Å²) in [6.07, 6.45) is 2.55. The van der Waals surface area contributed by atoms with Crippen molar-refractivity contribution in [2.75, 3.05) is 6.26 Å². The summed E-state index contributed by atoms with van der Waals surface area (Å²) in [5.41, 5.74) is 0.317. The molecule has 88 valence electrons. The maximum Gasteiger partial charge on any atom is 0.309 e. The first kappa shape index (κ1) is 13.6. The van der Waals surface area contributed by atoms with Gasteiger partial charge in [-0.3, -0.25) is 4.79 Å². The molecule has 0 saturated heterocycles. The van der Waals surface area contributed by atoms with Gasteiger partial charge in [0.1, 0.15) is 0 Å². The predicted molar refractivity (Wildman–Crippen MR) is 71.0 cm³/mol. The van der Waals surface area contributed by atoms with Gasteiger partial charge < -0.3 is 5.11 Å². The highest BCUT2D eigenvalue weighted by Gasteiger charge is 2.27. The predicted octanol–water partition coefficient (Wildman–Crippen LogP) is 3.82. The van der Waals surface area contributed by atoms with Crippen LogP contribution >= 0.6 is 27.7 Å². The molecule has 1 aromatic rings. The molecule has 0 heterocycles. The summed E-state index contributed by atoms with van der Waals surface area (Å²) >= 11 is 5.15. The van der Waals surface area contributed by atoms with Crippen LogP contribution in [0.15, 0.2) is 27.6 Å². The van der Waals surface area contributed by atoms with E-state index in [0.717, 1.165) is 14.9 Å². The van der Waals surface area contributed by atoms with E-state index in [-0.39, 0.29) is 0 Å². The van der Waals surface area contributed by atoms with Gasteiger partial charge in [-0.1, -0.05) is 6.07 Å². The Hall–Kier alpha value is -0.480. The van der Waals surface area contributed by atoms with Gasteiger partial charge >= 0.3 is 5.97 Å². The fraction of sp³-hybridized carbons (Fsp3) is 0.417. The molecule has 0 radical (unpaired) electrons. The molecule has 1 N–H and O–H groups in total. The van der Waals surface area contributed by atoms with E-state index in [4.69, 9.17) is 5.11 Å². The van der Waals surface area contributed by atoms with Crippen LogP contribution in [0.4, 0.5) is 0 Å². The molecule has 1 aromatic carbocycles. The lowest BCUT2D eigenvalue weighted by molar-refractivity contribution is -0.146. The van der Waals surface area contributed by atoms with E-state index in [1.807, 2.05) is 24.5 Å². The summed E-state index contributed by atoms with van der Waals surface area (Å²) in [5.74, 6) is -0.766. The molecule has 0 aromatic heterocycles. The molecule has 0 unspecified atom stereocenters. The lowest BCUT2D eigenvalue weighted by Crippen LogP contribution is -2.26. The molecule has 0 aliphatic carbocycles. The number of carbonyl (C=O) groups is 1. The summed E-state index contributed by atoms with van der Waals surface area (Å²) in [6, 6.07) is 6.00. The second-order valence-corrected chi connectivity index (χ2v) is 6.04. The van der Waals surface area contributed by atoms with E-state index in [1.54, 1.807) is 25.6 Å². The van der Waals surface area contributed by atoms with Crippen molar-refractivity contribution < 1.29 is 9.90 Å². The SMILES string of the molecule is CSc1ccc(CC(C)(C)C(=O)O)cc1Br. The summed E-state index contributed by atoms with van der Waals surface area (Å²) in [7, 11) is 0. The molecule has 0 aliphatic heterocycles. The number of aliphatic carboxylic acids is 1. The van der Waals surface area contributed by atoms with Gasteiger partial charge in [-0.25, -0.2) is 0 Å². The zero-order valence-electron chi connectivity index (χ0n) is 9.58. The maximum atomic E-state index is 11.0. The monoisotopic (exact) mass is 302 g/mol. The Labute approximate surface area is 109 Å². The molecule has 0 spiro atoms. The second kappa shape index (κ2) is 5.23. The molecule has 0 bridgehead atoms. The van der Waals surface area contributed by atoms with Gasteiger partial charge in [0.05, 0.1) is 5.41 Å². The van der Waals surface area contributed by atoms with E-state index in [9.17, 15) is 4.79 Å². The Morgan fingerprint density at radius 2 is 2.12 bits per heavy atom. The first-order chi connectivity index (χ1) is 7.36. The summed E-state index contributed by atoms with van der Waals surface area (Å²) in [5, 5.41) is 9.06. The van der Waals surface area contributed by atoms with Crippen molar-refractivity contribution in [2.24, 2.45) is 5.41 Å². The highest BCUT2D eigenvalue weighted by Crippen LogP contribution is 2.29. The highest BCUT2D eigenvalue weighted by atomic mass is 79.9. The minimum absolute atomic E-state index is 0.537. The van der Waals surface area contributed by atoms with Crippen LogP contribution in [0.25, 0.3) is 0 Å². The van der Waals surface area contributed by atoms with Crippen LogP contribution in [0.5, 0.6) is 0 Å². The lowest BCUT2D eigenvalue weighted by atomic mass is 9.86. The highest BCUT2D eigenvalue weighted by molar-refractivity contribution is 9.10. The molecule has 0 amide bonds. The van der Waals surface area contributed by atoms with Crippen molar-refractivity contribution in [3.8, 4) is 0 Å². The van der Waals surface area contributed by atoms with Crippen molar-refractivity contribution in [3.05, 3.63) is 28.2 Å². The number of rotatable bonds is 4. The molecule has 0 atom stereocenters. The average Bonchev–Trinajstić information content (AvgIpc) is 2.17. The first-order valence-corrected chi connectivity index (χ1v) is 6.94. The van der Waals surface area contributed by atoms with Gasteiger partial charge in [-0.2, -0.15) is 0 Å². The van der Waals surface area contributed by atoms with Gasteiger partial charge in [-0.05, 0) is 60.2 Å². The molecule has 0 saturated carbocycles. The van der Waals surface area contributed by atoms with Crippen LogP contribution in [0.3, 0.4) is 0 Å². The fourth-order valence-corrected chi connectivity index (χ4v) is 2.78. The van der Waals surface area contributed by atoms with E-state index >= 15 is 0 Å². The smallest absolute Gasteiger partial charge is 0.309 e. The number of carboxylic acids is 1. The van der Waals surface area contributed by atoms with Gasteiger partial charge in [0.25, 0.3) is 0 Å². The van der Waals surface area contributed by atoms with Crippen LogP contribution < -0.4 is 0 Å². The van der Waals surface area contributed by atoms with Crippen molar-refractivity contribution in [2.45, 2.75) is 25.2 Å². The average molecular weight is 303 g/mol. The van der Waals surface area contributed by atoms with Crippen LogP contribution in [0.1, 0.15) is 19.4 Å². The Balaban J connectivity index is 2.91. The number of carboxylic acid groups (broad SMARTS) is 1. The number of thioether (sulfide) groups is 1. The summed E-state index contributed by atoms with van der Waals surface area (Å²) < 4.78 is 1.03. The summed E-state index contributed by atoms with van der Waals surface area (Å²) in [4.78, 5) is 12.2. The van der Waals surface area contributed by atoms with Crippen LogP contribution in [0.2, 0.25) is 0 Å². The zero-order valence-corrected chi connectivity index (χ0v) is 12.0. The Morgan fingerprint density at radius 3 is 2.56 bits per heavy atom.